The third-order valence-electron chi connectivity index (χ3n) is 3.65. The zero-order valence-electron chi connectivity index (χ0n) is 11.9. The Balaban J connectivity index is 2.24. The van der Waals surface area contributed by atoms with Crippen LogP contribution in [0, 0.1) is 20.8 Å². The minimum atomic E-state index is 0.156. The molecule has 2 nitrogen and oxygen atoms in total. The molecule has 0 spiro atoms. The third-order valence-corrected chi connectivity index (χ3v) is 3.65. The van der Waals surface area contributed by atoms with E-state index in [9.17, 15) is 0 Å². The van der Waals surface area contributed by atoms with Crippen LogP contribution in [-0.2, 0) is 0 Å². The topological polar surface area (TPSA) is 38.0 Å². The van der Waals surface area contributed by atoms with E-state index in [1.807, 2.05) is 0 Å². The molecule has 0 radical (unpaired) electrons. The Morgan fingerprint density at radius 2 is 1.68 bits per heavy atom. The van der Waals surface area contributed by atoms with Crippen LogP contribution >= 0.6 is 0 Å². The number of rotatable bonds is 4. The molecule has 2 aromatic rings. The van der Waals surface area contributed by atoms with Gasteiger partial charge in [0.25, 0.3) is 0 Å². The predicted molar refractivity (Wildman–Crippen MR) is 82.5 cm³/mol. The van der Waals surface area contributed by atoms with E-state index in [0.29, 0.717) is 6.54 Å². The molecule has 0 amide bonds. The average molecular weight is 254 g/mol. The van der Waals surface area contributed by atoms with Crippen molar-refractivity contribution >= 4 is 5.69 Å². The zero-order valence-corrected chi connectivity index (χ0v) is 11.9. The lowest BCUT2D eigenvalue weighted by atomic mass is 10.0. The van der Waals surface area contributed by atoms with Gasteiger partial charge >= 0.3 is 0 Å². The first-order valence-corrected chi connectivity index (χ1v) is 6.71. The molecule has 0 bridgehead atoms. The van der Waals surface area contributed by atoms with E-state index in [0.717, 1.165) is 5.69 Å². The van der Waals surface area contributed by atoms with Gasteiger partial charge in [-0.3, -0.25) is 0 Å². The molecule has 2 rings (SSSR count). The van der Waals surface area contributed by atoms with Gasteiger partial charge in [0.2, 0.25) is 0 Å². The van der Waals surface area contributed by atoms with Crippen LogP contribution in [0.1, 0.15) is 28.3 Å². The smallest absolute Gasteiger partial charge is 0.0638 e. The number of aryl methyl sites for hydroxylation is 3. The van der Waals surface area contributed by atoms with Crippen molar-refractivity contribution in [1.29, 1.82) is 0 Å². The highest BCUT2D eigenvalue weighted by Crippen LogP contribution is 2.23. The van der Waals surface area contributed by atoms with Crippen molar-refractivity contribution in [3.8, 4) is 0 Å². The number of hydrogen-bond donors (Lipinski definition) is 2. The van der Waals surface area contributed by atoms with Gasteiger partial charge in [0, 0.05) is 12.2 Å². The van der Waals surface area contributed by atoms with Gasteiger partial charge in [-0.2, -0.15) is 0 Å². The van der Waals surface area contributed by atoms with Gasteiger partial charge in [0.05, 0.1) is 6.04 Å². The van der Waals surface area contributed by atoms with Crippen molar-refractivity contribution in [2.75, 3.05) is 11.9 Å². The van der Waals surface area contributed by atoms with Crippen LogP contribution in [0.5, 0.6) is 0 Å². The quantitative estimate of drug-likeness (QED) is 0.872. The van der Waals surface area contributed by atoms with E-state index in [1.165, 1.54) is 22.3 Å². The van der Waals surface area contributed by atoms with E-state index in [4.69, 9.17) is 5.73 Å². The summed E-state index contributed by atoms with van der Waals surface area (Å²) in [5, 5.41) is 3.53. The third kappa shape index (κ3) is 3.15. The fourth-order valence-corrected chi connectivity index (χ4v) is 2.27. The van der Waals surface area contributed by atoms with E-state index >= 15 is 0 Å². The molecular weight excluding hydrogens is 232 g/mol. The molecule has 100 valence electrons. The number of benzene rings is 2. The Bertz CT molecular complexity index is 561. The fraction of sp³-hybridized carbons (Fsp3) is 0.294. The lowest BCUT2D eigenvalue weighted by molar-refractivity contribution is 0.783. The minimum absolute atomic E-state index is 0.156. The Hall–Kier alpha value is -1.80. The van der Waals surface area contributed by atoms with Gasteiger partial charge < -0.3 is 11.1 Å². The highest BCUT2D eigenvalue weighted by Gasteiger charge is 2.11. The first-order valence-electron chi connectivity index (χ1n) is 6.71. The van der Waals surface area contributed by atoms with Crippen molar-refractivity contribution < 1.29 is 0 Å². The Morgan fingerprint density at radius 3 is 2.32 bits per heavy atom. The van der Waals surface area contributed by atoms with E-state index in [1.54, 1.807) is 0 Å². The maximum absolute atomic E-state index is 5.93. The van der Waals surface area contributed by atoms with Crippen LogP contribution in [-0.4, -0.2) is 6.54 Å². The highest BCUT2D eigenvalue weighted by molar-refractivity contribution is 5.50. The van der Waals surface area contributed by atoms with Crippen molar-refractivity contribution in [3.63, 3.8) is 0 Å². The summed E-state index contributed by atoms with van der Waals surface area (Å²) in [6.07, 6.45) is 0. The number of anilines is 1. The lowest BCUT2D eigenvalue weighted by Crippen LogP contribution is -2.21. The summed E-state index contributed by atoms with van der Waals surface area (Å²) in [6.45, 7) is 6.96. The van der Waals surface area contributed by atoms with Crippen LogP contribution in [0.2, 0.25) is 0 Å². The Labute approximate surface area is 115 Å². The maximum atomic E-state index is 5.93. The van der Waals surface area contributed by atoms with Crippen LogP contribution < -0.4 is 11.1 Å². The molecule has 0 saturated carbocycles. The first-order chi connectivity index (χ1) is 9.11. The molecule has 0 aliphatic rings. The van der Waals surface area contributed by atoms with Gasteiger partial charge in [-0.05, 0) is 55.2 Å². The first kappa shape index (κ1) is 13.6. The van der Waals surface area contributed by atoms with E-state index in [2.05, 4.69) is 68.6 Å². The zero-order chi connectivity index (χ0) is 13.8. The van der Waals surface area contributed by atoms with Crippen molar-refractivity contribution in [3.05, 3.63) is 64.7 Å². The predicted octanol–water partition coefficient (Wildman–Crippen LogP) is 3.72. The monoisotopic (exact) mass is 254 g/mol. The van der Waals surface area contributed by atoms with Gasteiger partial charge in [-0.1, -0.05) is 30.3 Å². The second kappa shape index (κ2) is 5.89. The summed E-state index contributed by atoms with van der Waals surface area (Å²) in [6, 6.07) is 15.0. The molecule has 0 heterocycles. The molecular formula is C17H22N2. The van der Waals surface area contributed by atoms with Crippen LogP contribution in [0.15, 0.2) is 42.5 Å². The van der Waals surface area contributed by atoms with Gasteiger partial charge in [0.15, 0.2) is 0 Å². The average Bonchev–Trinajstić information content (AvgIpc) is 2.41. The molecule has 0 aliphatic heterocycles. The molecule has 0 aliphatic carbocycles. The second-order valence-corrected chi connectivity index (χ2v) is 5.09. The van der Waals surface area contributed by atoms with Crippen molar-refractivity contribution in [1.82, 2.24) is 0 Å². The number of nitrogens with one attached hydrogen (secondary N) is 1. The van der Waals surface area contributed by atoms with Crippen LogP contribution in [0.25, 0.3) is 0 Å². The van der Waals surface area contributed by atoms with E-state index in [-0.39, 0.29) is 6.04 Å². The number of nitrogens with two attached hydrogens (primary N) is 1. The van der Waals surface area contributed by atoms with Crippen molar-refractivity contribution in [2.45, 2.75) is 26.8 Å². The SMILES string of the molecule is Cc1ccc(NC(CN)c2ccccc2C)cc1C. The van der Waals surface area contributed by atoms with Crippen molar-refractivity contribution in [2.24, 2.45) is 5.73 Å². The van der Waals surface area contributed by atoms with Crippen LogP contribution in [0.3, 0.4) is 0 Å². The van der Waals surface area contributed by atoms with Crippen LogP contribution in [0.4, 0.5) is 5.69 Å². The molecule has 0 aromatic heterocycles. The molecule has 1 unspecified atom stereocenters. The Kier molecular flexibility index (Phi) is 4.23. The summed E-state index contributed by atoms with van der Waals surface area (Å²) < 4.78 is 0. The lowest BCUT2D eigenvalue weighted by Gasteiger charge is -2.21. The molecule has 1 atom stereocenters. The Morgan fingerprint density at radius 1 is 0.947 bits per heavy atom. The molecule has 3 N–H and O–H groups in total. The fourth-order valence-electron chi connectivity index (χ4n) is 2.27. The van der Waals surface area contributed by atoms with Gasteiger partial charge in [-0.15, -0.1) is 0 Å². The number of hydrogen-bond acceptors (Lipinski definition) is 2. The molecule has 2 heteroatoms. The summed E-state index contributed by atoms with van der Waals surface area (Å²) in [7, 11) is 0. The summed E-state index contributed by atoms with van der Waals surface area (Å²) >= 11 is 0. The molecule has 2 aromatic carbocycles. The van der Waals surface area contributed by atoms with Gasteiger partial charge in [0.1, 0.15) is 0 Å². The minimum Gasteiger partial charge on any atom is -0.377 e. The van der Waals surface area contributed by atoms with Gasteiger partial charge in [-0.25, -0.2) is 0 Å². The molecule has 19 heavy (non-hydrogen) atoms. The summed E-state index contributed by atoms with van der Waals surface area (Å²) in [5.74, 6) is 0. The maximum Gasteiger partial charge on any atom is 0.0638 e. The highest BCUT2D eigenvalue weighted by atomic mass is 14.9. The second-order valence-electron chi connectivity index (χ2n) is 5.09. The largest absolute Gasteiger partial charge is 0.377 e. The summed E-state index contributed by atoms with van der Waals surface area (Å²) in [4.78, 5) is 0. The summed E-state index contributed by atoms with van der Waals surface area (Å²) in [5.41, 5.74) is 12.2. The molecule has 0 saturated heterocycles. The normalized spacial score (nSPS) is 12.2. The molecule has 0 fully saturated rings. The standard InChI is InChI=1S/C17H22N2/c1-12-8-9-15(10-14(12)3)19-17(11-18)16-7-5-4-6-13(16)2/h4-10,17,19H,11,18H2,1-3H3. The van der Waals surface area contributed by atoms with E-state index < -0.39 is 0 Å².